The maximum atomic E-state index is 6.21. The molecule has 0 amide bonds. The minimum absolute atomic E-state index is 0.244. The molecule has 0 aromatic carbocycles. The third kappa shape index (κ3) is 21.0. The summed E-state index contributed by atoms with van der Waals surface area (Å²) in [4.78, 5) is 0. The van der Waals surface area contributed by atoms with Gasteiger partial charge in [-0.15, -0.1) is 0 Å². The first-order valence-electron chi connectivity index (χ1n) is 14.0. The Bertz CT molecular complexity index is 395. The van der Waals surface area contributed by atoms with Crippen LogP contribution in [0, 0.1) is 0 Å². The predicted molar refractivity (Wildman–Crippen MR) is 137 cm³/mol. The second kappa shape index (κ2) is 26.4. The summed E-state index contributed by atoms with van der Waals surface area (Å²) in [6, 6.07) is 0. The Morgan fingerprint density at radius 2 is 0.906 bits per heavy atom. The van der Waals surface area contributed by atoms with Gasteiger partial charge in [0, 0.05) is 6.42 Å². The van der Waals surface area contributed by atoms with E-state index < -0.39 is 0 Å². The van der Waals surface area contributed by atoms with E-state index in [2.05, 4.69) is 27.7 Å². The number of rotatable bonds is 26. The summed E-state index contributed by atoms with van der Waals surface area (Å²) in [5, 5.41) is 0. The van der Waals surface area contributed by atoms with E-state index in [-0.39, 0.29) is 6.79 Å². The van der Waals surface area contributed by atoms with Crippen LogP contribution in [0.4, 0.5) is 0 Å². The summed E-state index contributed by atoms with van der Waals surface area (Å²) < 4.78 is 24.0. The van der Waals surface area contributed by atoms with Crippen LogP contribution in [0.1, 0.15) is 143 Å². The summed E-state index contributed by atoms with van der Waals surface area (Å²) in [6.07, 6.45) is 21.5. The fourth-order valence-corrected chi connectivity index (χ4v) is 3.53. The van der Waals surface area contributed by atoms with Crippen molar-refractivity contribution in [1.29, 1.82) is 0 Å². The van der Waals surface area contributed by atoms with Crippen molar-refractivity contribution in [2.75, 3.05) is 26.6 Å². The van der Waals surface area contributed by atoms with Gasteiger partial charge in [-0.2, -0.15) is 0 Å². The number of hydrogen-bond acceptors (Lipinski definition) is 4. The number of allylic oxidation sites excluding steroid dienone is 1. The predicted octanol–water partition coefficient (Wildman–Crippen LogP) is 9.28. The monoisotopic (exact) mass is 456 g/mol. The molecule has 4 nitrogen and oxygen atoms in total. The summed E-state index contributed by atoms with van der Waals surface area (Å²) in [6.45, 7) is 11.4. The Hall–Kier alpha value is -0.900. The Kier molecular flexibility index (Phi) is 25.6. The second-order valence-electron chi connectivity index (χ2n) is 8.92. The molecule has 0 saturated heterocycles. The van der Waals surface area contributed by atoms with Crippen molar-refractivity contribution in [3.8, 4) is 0 Å². The molecule has 0 fully saturated rings. The van der Waals surface area contributed by atoms with Gasteiger partial charge in [-0.3, -0.25) is 0 Å². The topological polar surface area (TPSA) is 36.9 Å². The zero-order valence-electron chi connectivity index (χ0n) is 22.2. The van der Waals surface area contributed by atoms with Gasteiger partial charge in [0.2, 0.25) is 0 Å². The van der Waals surface area contributed by atoms with E-state index in [1.165, 1.54) is 83.5 Å². The summed E-state index contributed by atoms with van der Waals surface area (Å²) in [7, 11) is 0. The molecule has 0 aromatic heterocycles. The number of ether oxygens (including phenoxy) is 4. The first-order chi connectivity index (χ1) is 15.8. The quantitative estimate of drug-likeness (QED) is 0.0738. The minimum atomic E-state index is 0.244. The second-order valence-corrected chi connectivity index (χ2v) is 8.92. The van der Waals surface area contributed by atoms with Crippen LogP contribution < -0.4 is 0 Å². The van der Waals surface area contributed by atoms with Gasteiger partial charge in [-0.25, -0.2) is 0 Å². The highest BCUT2D eigenvalue weighted by Gasteiger charge is 2.13. The SMILES string of the molecule is CCCCCCCOC(CCCCC)=C(OCCCCCCC)OCOCCCCCC. The van der Waals surface area contributed by atoms with Crippen LogP contribution in [0.3, 0.4) is 0 Å². The van der Waals surface area contributed by atoms with E-state index >= 15 is 0 Å². The lowest BCUT2D eigenvalue weighted by molar-refractivity contribution is -0.0845. The molecule has 0 spiro atoms. The number of unbranched alkanes of at least 4 members (excludes halogenated alkanes) is 13. The highest BCUT2D eigenvalue weighted by atomic mass is 16.7. The lowest BCUT2D eigenvalue weighted by Crippen LogP contribution is -2.10. The highest BCUT2D eigenvalue weighted by Crippen LogP contribution is 2.19. The van der Waals surface area contributed by atoms with Crippen molar-refractivity contribution in [3.05, 3.63) is 11.7 Å². The van der Waals surface area contributed by atoms with E-state index in [1.54, 1.807) is 0 Å². The van der Waals surface area contributed by atoms with E-state index in [0.29, 0.717) is 12.6 Å². The van der Waals surface area contributed by atoms with Gasteiger partial charge in [-0.05, 0) is 25.7 Å². The van der Waals surface area contributed by atoms with Crippen LogP contribution in [-0.2, 0) is 18.9 Å². The minimum Gasteiger partial charge on any atom is -0.491 e. The maximum Gasteiger partial charge on any atom is 0.321 e. The molecule has 4 heteroatoms. The lowest BCUT2D eigenvalue weighted by Gasteiger charge is -2.18. The third-order valence-corrected chi connectivity index (χ3v) is 5.66. The Morgan fingerprint density at radius 1 is 0.438 bits per heavy atom. The summed E-state index contributed by atoms with van der Waals surface area (Å²) in [5.74, 6) is 1.45. The average molecular weight is 457 g/mol. The van der Waals surface area contributed by atoms with Crippen molar-refractivity contribution < 1.29 is 18.9 Å². The molecule has 0 atom stereocenters. The third-order valence-electron chi connectivity index (χ3n) is 5.66. The van der Waals surface area contributed by atoms with Crippen LogP contribution in [0.2, 0.25) is 0 Å². The molecular formula is C28H56O4. The zero-order chi connectivity index (χ0) is 23.5. The van der Waals surface area contributed by atoms with Gasteiger partial charge >= 0.3 is 5.95 Å². The van der Waals surface area contributed by atoms with Crippen LogP contribution in [-0.4, -0.2) is 26.6 Å². The van der Waals surface area contributed by atoms with Gasteiger partial charge in [0.1, 0.15) is 0 Å². The van der Waals surface area contributed by atoms with E-state index in [4.69, 9.17) is 18.9 Å². The molecule has 0 bridgehead atoms. The van der Waals surface area contributed by atoms with Crippen molar-refractivity contribution in [1.82, 2.24) is 0 Å². The zero-order valence-corrected chi connectivity index (χ0v) is 22.2. The van der Waals surface area contributed by atoms with Crippen molar-refractivity contribution >= 4 is 0 Å². The number of hydrogen-bond donors (Lipinski definition) is 0. The molecule has 0 aliphatic heterocycles. The Labute approximate surface area is 200 Å². The Balaban J connectivity index is 4.72. The molecular weight excluding hydrogens is 400 g/mol. The van der Waals surface area contributed by atoms with Gasteiger partial charge in [-0.1, -0.05) is 111 Å². The molecule has 0 aromatic rings. The molecule has 0 N–H and O–H groups in total. The molecule has 32 heavy (non-hydrogen) atoms. The van der Waals surface area contributed by atoms with Gasteiger partial charge in [0.05, 0.1) is 19.8 Å². The van der Waals surface area contributed by atoms with Crippen molar-refractivity contribution in [3.63, 3.8) is 0 Å². The molecule has 0 unspecified atom stereocenters. The van der Waals surface area contributed by atoms with Crippen LogP contribution in [0.15, 0.2) is 11.7 Å². The largest absolute Gasteiger partial charge is 0.491 e. The molecule has 0 aliphatic rings. The molecule has 0 rings (SSSR count). The smallest absolute Gasteiger partial charge is 0.321 e. The van der Waals surface area contributed by atoms with E-state index in [0.717, 1.165) is 51.1 Å². The average Bonchev–Trinajstić information content (AvgIpc) is 2.80. The molecule has 0 radical (unpaired) electrons. The fraction of sp³-hybridized carbons (Fsp3) is 0.929. The van der Waals surface area contributed by atoms with Gasteiger partial charge < -0.3 is 18.9 Å². The van der Waals surface area contributed by atoms with Crippen molar-refractivity contribution in [2.24, 2.45) is 0 Å². The molecule has 0 aliphatic carbocycles. The summed E-state index contributed by atoms with van der Waals surface area (Å²) >= 11 is 0. The van der Waals surface area contributed by atoms with Crippen LogP contribution >= 0.6 is 0 Å². The highest BCUT2D eigenvalue weighted by molar-refractivity contribution is 4.95. The first-order valence-corrected chi connectivity index (χ1v) is 14.0. The normalized spacial score (nSPS) is 12.0. The summed E-state index contributed by atoms with van der Waals surface area (Å²) in [5.41, 5.74) is 0. The molecule has 192 valence electrons. The standard InChI is InChI=1S/C28H56O4/c1-5-9-13-16-20-24-30-27(22-18-12-8-4)28(31-25-21-17-14-10-6-2)32-26-29-23-19-15-11-7-3/h5-26H2,1-4H3. The van der Waals surface area contributed by atoms with E-state index in [1.807, 2.05) is 0 Å². The van der Waals surface area contributed by atoms with Crippen LogP contribution in [0.25, 0.3) is 0 Å². The lowest BCUT2D eigenvalue weighted by atomic mass is 10.1. The van der Waals surface area contributed by atoms with Gasteiger partial charge in [0.15, 0.2) is 12.6 Å². The van der Waals surface area contributed by atoms with Crippen molar-refractivity contribution in [2.45, 2.75) is 143 Å². The first kappa shape index (κ1) is 31.1. The Morgan fingerprint density at radius 3 is 1.50 bits per heavy atom. The van der Waals surface area contributed by atoms with Gasteiger partial charge in [0.25, 0.3) is 0 Å². The van der Waals surface area contributed by atoms with E-state index in [9.17, 15) is 0 Å². The maximum absolute atomic E-state index is 6.21. The molecule has 0 heterocycles. The fourth-order valence-electron chi connectivity index (χ4n) is 3.53. The van der Waals surface area contributed by atoms with Crippen LogP contribution in [0.5, 0.6) is 0 Å². The molecule has 0 saturated carbocycles.